The third-order valence-electron chi connectivity index (χ3n) is 3.16. The van der Waals surface area contributed by atoms with Crippen LogP contribution in [0.3, 0.4) is 0 Å². The maximum Gasteiger partial charge on any atom is 0.255 e. The van der Waals surface area contributed by atoms with Crippen molar-refractivity contribution in [2.24, 2.45) is 0 Å². The summed E-state index contributed by atoms with van der Waals surface area (Å²) in [5.41, 5.74) is 0.780. The third kappa shape index (κ3) is 5.56. The van der Waals surface area contributed by atoms with Crippen LogP contribution in [0, 0.1) is 0 Å². The van der Waals surface area contributed by atoms with Crippen LogP contribution in [0.15, 0.2) is 12.1 Å². The number of methoxy groups -OCH3 is 1. The smallest absolute Gasteiger partial charge is 0.255 e. The largest absolute Gasteiger partial charge is 0.496 e. The fourth-order valence-corrected chi connectivity index (χ4v) is 2.24. The Morgan fingerprint density at radius 1 is 1.23 bits per heavy atom. The number of ether oxygens (including phenoxy) is 1. The van der Waals surface area contributed by atoms with Crippen LogP contribution in [0.4, 0.5) is 5.69 Å². The van der Waals surface area contributed by atoms with Crippen LogP contribution in [0.1, 0.15) is 49.9 Å². The zero-order valence-corrected chi connectivity index (χ0v) is 14.0. The molecule has 2 amide bonds. The zero-order chi connectivity index (χ0) is 16.5. The molecule has 1 aromatic rings. The molecule has 0 heterocycles. The van der Waals surface area contributed by atoms with E-state index in [1.54, 1.807) is 6.07 Å². The van der Waals surface area contributed by atoms with Gasteiger partial charge in [-0.15, -0.1) is 0 Å². The van der Waals surface area contributed by atoms with Crippen molar-refractivity contribution in [3.63, 3.8) is 0 Å². The predicted molar refractivity (Wildman–Crippen MR) is 88.8 cm³/mol. The minimum atomic E-state index is -0.239. The SMILES string of the molecule is CCCCCCNC(=O)c1cc(Cl)c(NC(C)=O)cc1OC. The fraction of sp³-hybridized carbons (Fsp3) is 0.500. The summed E-state index contributed by atoms with van der Waals surface area (Å²) in [6.45, 7) is 4.15. The molecule has 2 N–H and O–H groups in total. The number of hydrogen-bond acceptors (Lipinski definition) is 3. The van der Waals surface area contributed by atoms with Crippen molar-refractivity contribution >= 4 is 29.1 Å². The first-order valence-electron chi connectivity index (χ1n) is 7.42. The molecule has 0 spiro atoms. The van der Waals surface area contributed by atoms with Crippen LogP contribution >= 0.6 is 11.6 Å². The van der Waals surface area contributed by atoms with E-state index in [9.17, 15) is 9.59 Å². The Balaban J connectivity index is 2.78. The highest BCUT2D eigenvalue weighted by molar-refractivity contribution is 6.34. The van der Waals surface area contributed by atoms with Gasteiger partial charge in [-0.1, -0.05) is 37.8 Å². The molecule has 5 nitrogen and oxygen atoms in total. The molecule has 0 unspecified atom stereocenters. The molecule has 22 heavy (non-hydrogen) atoms. The van der Waals surface area contributed by atoms with Gasteiger partial charge in [0, 0.05) is 19.5 Å². The highest BCUT2D eigenvalue weighted by Crippen LogP contribution is 2.31. The Hall–Kier alpha value is -1.75. The normalized spacial score (nSPS) is 10.2. The number of benzene rings is 1. The molecule has 0 radical (unpaired) electrons. The summed E-state index contributed by atoms with van der Waals surface area (Å²) in [4.78, 5) is 23.3. The van der Waals surface area contributed by atoms with E-state index in [0.29, 0.717) is 28.6 Å². The minimum Gasteiger partial charge on any atom is -0.496 e. The highest BCUT2D eigenvalue weighted by Gasteiger charge is 2.16. The monoisotopic (exact) mass is 326 g/mol. The molecule has 0 aliphatic heterocycles. The van der Waals surface area contributed by atoms with Crippen molar-refractivity contribution < 1.29 is 14.3 Å². The highest BCUT2D eigenvalue weighted by atomic mass is 35.5. The number of anilines is 1. The number of carbonyl (C=O) groups is 2. The van der Waals surface area contributed by atoms with Gasteiger partial charge >= 0.3 is 0 Å². The van der Waals surface area contributed by atoms with Gasteiger partial charge in [0.2, 0.25) is 5.91 Å². The summed E-state index contributed by atoms with van der Waals surface area (Å²) in [7, 11) is 1.47. The van der Waals surface area contributed by atoms with Crippen LogP contribution in [0.5, 0.6) is 5.75 Å². The first-order chi connectivity index (χ1) is 10.5. The maximum atomic E-state index is 12.2. The van der Waals surface area contributed by atoms with Crippen LogP contribution < -0.4 is 15.4 Å². The van der Waals surface area contributed by atoms with Gasteiger partial charge in [-0.3, -0.25) is 9.59 Å². The van der Waals surface area contributed by atoms with E-state index in [0.717, 1.165) is 25.7 Å². The molecule has 0 saturated heterocycles. The Morgan fingerprint density at radius 3 is 2.55 bits per heavy atom. The summed E-state index contributed by atoms with van der Waals surface area (Å²) in [5, 5.41) is 5.75. The van der Waals surface area contributed by atoms with Gasteiger partial charge in [0.05, 0.1) is 23.4 Å². The van der Waals surface area contributed by atoms with Crippen molar-refractivity contribution in [3.05, 3.63) is 22.7 Å². The summed E-state index contributed by atoms with van der Waals surface area (Å²) < 4.78 is 5.22. The van der Waals surface area contributed by atoms with E-state index < -0.39 is 0 Å². The molecule has 0 bridgehead atoms. The fourth-order valence-electron chi connectivity index (χ4n) is 2.03. The lowest BCUT2D eigenvalue weighted by Crippen LogP contribution is -2.25. The maximum absolute atomic E-state index is 12.2. The average Bonchev–Trinajstić information content (AvgIpc) is 2.48. The Kier molecular flexibility index (Phi) is 7.74. The van der Waals surface area contributed by atoms with Gasteiger partial charge in [0.15, 0.2) is 0 Å². The quantitative estimate of drug-likeness (QED) is 0.717. The average molecular weight is 327 g/mol. The molecule has 6 heteroatoms. The second-order valence-corrected chi connectivity index (χ2v) is 5.44. The van der Waals surface area contributed by atoms with Crippen LogP contribution in [0.25, 0.3) is 0 Å². The molecule has 1 aromatic carbocycles. The topological polar surface area (TPSA) is 67.4 Å². The van der Waals surface area contributed by atoms with Crippen molar-refractivity contribution in [2.75, 3.05) is 19.0 Å². The number of unbranched alkanes of at least 4 members (excludes halogenated alkanes) is 3. The Labute approximate surface area is 136 Å². The Bertz CT molecular complexity index is 532. The second-order valence-electron chi connectivity index (χ2n) is 5.03. The number of rotatable bonds is 8. The third-order valence-corrected chi connectivity index (χ3v) is 3.47. The molecular weight excluding hydrogens is 304 g/mol. The summed E-state index contributed by atoms with van der Waals surface area (Å²) >= 11 is 6.10. The van der Waals surface area contributed by atoms with E-state index in [1.807, 2.05) is 0 Å². The first kappa shape index (κ1) is 18.3. The molecule has 0 aliphatic carbocycles. The van der Waals surface area contributed by atoms with Crippen molar-refractivity contribution in [2.45, 2.75) is 39.5 Å². The van der Waals surface area contributed by atoms with Crippen LogP contribution in [-0.4, -0.2) is 25.5 Å². The molecular formula is C16H23ClN2O3. The lowest BCUT2D eigenvalue weighted by Gasteiger charge is -2.13. The van der Waals surface area contributed by atoms with Gasteiger partial charge in [-0.25, -0.2) is 0 Å². The molecule has 0 atom stereocenters. The number of carbonyl (C=O) groups excluding carboxylic acids is 2. The number of halogens is 1. The van der Waals surface area contributed by atoms with Gasteiger partial charge in [0.25, 0.3) is 5.91 Å². The summed E-state index contributed by atoms with van der Waals surface area (Å²) in [5.74, 6) is -0.0964. The number of hydrogen-bond donors (Lipinski definition) is 2. The molecule has 122 valence electrons. The molecule has 0 saturated carbocycles. The minimum absolute atomic E-state index is 0.232. The van der Waals surface area contributed by atoms with E-state index in [-0.39, 0.29) is 11.8 Å². The zero-order valence-electron chi connectivity index (χ0n) is 13.3. The Morgan fingerprint density at radius 2 is 1.95 bits per heavy atom. The van der Waals surface area contributed by atoms with E-state index >= 15 is 0 Å². The van der Waals surface area contributed by atoms with E-state index in [1.165, 1.54) is 20.1 Å². The first-order valence-corrected chi connectivity index (χ1v) is 7.80. The van der Waals surface area contributed by atoms with Crippen molar-refractivity contribution in [1.29, 1.82) is 0 Å². The van der Waals surface area contributed by atoms with Crippen LogP contribution in [-0.2, 0) is 4.79 Å². The van der Waals surface area contributed by atoms with Crippen LogP contribution in [0.2, 0.25) is 5.02 Å². The molecule has 0 fully saturated rings. The van der Waals surface area contributed by atoms with E-state index in [2.05, 4.69) is 17.6 Å². The standard InChI is InChI=1S/C16H23ClN2O3/c1-4-5-6-7-8-18-16(21)12-9-13(17)14(19-11(2)20)10-15(12)22-3/h9-10H,4-8H2,1-3H3,(H,18,21)(H,19,20). The van der Waals surface area contributed by atoms with Crippen molar-refractivity contribution in [1.82, 2.24) is 5.32 Å². The molecule has 1 rings (SSSR count). The molecule has 0 aliphatic rings. The van der Waals surface area contributed by atoms with E-state index in [4.69, 9.17) is 16.3 Å². The second kappa shape index (κ2) is 9.30. The van der Waals surface area contributed by atoms with Gasteiger partial charge in [0.1, 0.15) is 5.75 Å². The van der Waals surface area contributed by atoms with Gasteiger partial charge < -0.3 is 15.4 Å². The van der Waals surface area contributed by atoms with Gasteiger partial charge in [-0.2, -0.15) is 0 Å². The van der Waals surface area contributed by atoms with Gasteiger partial charge in [-0.05, 0) is 12.5 Å². The predicted octanol–water partition coefficient (Wildman–Crippen LogP) is 3.62. The summed E-state index contributed by atoms with van der Waals surface area (Å²) in [6.07, 6.45) is 4.36. The summed E-state index contributed by atoms with van der Waals surface area (Å²) in [6, 6.07) is 3.06. The number of amides is 2. The molecule has 0 aromatic heterocycles. The lowest BCUT2D eigenvalue weighted by molar-refractivity contribution is -0.114. The lowest BCUT2D eigenvalue weighted by atomic mass is 10.1. The van der Waals surface area contributed by atoms with Crippen molar-refractivity contribution in [3.8, 4) is 5.75 Å². The number of nitrogens with one attached hydrogen (secondary N) is 2.